The van der Waals surface area contributed by atoms with Crippen LogP contribution in [-0.4, -0.2) is 84.4 Å². The molecule has 0 aliphatic carbocycles. The van der Waals surface area contributed by atoms with Crippen molar-refractivity contribution < 1.29 is 14.4 Å². The highest BCUT2D eigenvalue weighted by molar-refractivity contribution is 5.92. The van der Waals surface area contributed by atoms with Gasteiger partial charge >= 0.3 is 6.03 Å². The summed E-state index contributed by atoms with van der Waals surface area (Å²) >= 11 is 0. The number of hydrogen-bond donors (Lipinski definition) is 2. The van der Waals surface area contributed by atoms with Crippen molar-refractivity contribution in [2.45, 2.75) is 45.6 Å². The Hall–Kier alpha value is -2.61. The predicted molar refractivity (Wildman–Crippen MR) is 125 cm³/mol. The molecule has 0 bridgehead atoms. The second-order valence-electron chi connectivity index (χ2n) is 8.69. The maximum atomic E-state index is 12.7. The molecular formula is C24H37N5O3. The normalized spacial score (nSPS) is 18.2. The number of benzene rings is 1. The number of rotatable bonds is 7. The van der Waals surface area contributed by atoms with Crippen LogP contribution >= 0.6 is 0 Å². The van der Waals surface area contributed by atoms with E-state index in [1.807, 2.05) is 54.0 Å². The minimum absolute atomic E-state index is 0.00953. The van der Waals surface area contributed by atoms with Gasteiger partial charge in [-0.2, -0.15) is 0 Å². The maximum Gasteiger partial charge on any atom is 0.319 e. The molecule has 176 valence electrons. The average molecular weight is 444 g/mol. The van der Waals surface area contributed by atoms with Crippen molar-refractivity contribution in [3.63, 3.8) is 0 Å². The highest BCUT2D eigenvalue weighted by Gasteiger charge is 2.30. The number of para-hydroxylation sites is 1. The van der Waals surface area contributed by atoms with E-state index in [4.69, 9.17) is 0 Å². The molecule has 0 spiro atoms. The van der Waals surface area contributed by atoms with Gasteiger partial charge in [0.15, 0.2) is 0 Å². The van der Waals surface area contributed by atoms with Crippen molar-refractivity contribution in [1.82, 2.24) is 20.0 Å². The summed E-state index contributed by atoms with van der Waals surface area (Å²) in [4.78, 5) is 43.3. The van der Waals surface area contributed by atoms with E-state index in [1.165, 1.54) is 0 Å². The molecule has 2 aliphatic heterocycles. The van der Waals surface area contributed by atoms with Crippen LogP contribution in [0.4, 0.5) is 10.5 Å². The summed E-state index contributed by atoms with van der Waals surface area (Å²) in [5.74, 6) is 0.0790. The highest BCUT2D eigenvalue weighted by atomic mass is 16.2. The third kappa shape index (κ3) is 6.69. The van der Waals surface area contributed by atoms with Crippen molar-refractivity contribution in [2.24, 2.45) is 5.92 Å². The van der Waals surface area contributed by atoms with Crippen molar-refractivity contribution >= 4 is 23.5 Å². The number of carbonyl (C=O) groups is 3. The van der Waals surface area contributed by atoms with Crippen molar-refractivity contribution in [3.8, 4) is 0 Å². The Bertz CT molecular complexity index is 752. The van der Waals surface area contributed by atoms with Crippen LogP contribution in [-0.2, 0) is 9.59 Å². The van der Waals surface area contributed by atoms with Gasteiger partial charge in [-0.25, -0.2) is 4.79 Å². The summed E-state index contributed by atoms with van der Waals surface area (Å²) in [5.41, 5.74) is 0.810. The summed E-state index contributed by atoms with van der Waals surface area (Å²) in [6.07, 6.45) is 3.14. The molecule has 0 aromatic heterocycles. The van der Waals surface area contributed by atoms with E-state index >= 15 is 0 Å². The Morgan fingerprint density at radius 1 is 0.938 bits per heavy atom. The van der Waals surface area contributed by atoms with E-state index in [0.717, 1.165) is 44.5 Å². The van der Waals surface area contributed by atoms with Crippen LogP contribution in [0.1, 0.15) is 39.5 Å². The van der Waals surface area contributed by atoms with Gasteiger partial charge in [0.2, 0.25) is 11.8 Å². The van der Waals surface area contributed by atoms with E-state index in [-0.39, 0.29) is 29.8 Å². The fourth-order valence-corrected chi connectivity index (χ4v) is 4.51. The molecule has 4 amide bonds. The first-order chi connectivity index (χ1) is 15.5. The SMILES string of the molecule is CCN(CC)C(=O)N1CCC(C(=O)NC2CCN(CC(=O)Nc3ccccc3)CC2)CC1. The smallest absolute Gasteiger partial charge is 0.319 e. The van der Waals surface area contributed by atoms with Crippen LogP contribution in [0.5, 0.6) is 0 Å². The molecule has 32 heavy (non-hydrogen) atoms. The first-order valence-corrected chi connectivity index (χ1v) is 11.9. The van der Waals surface area contributed by atoms with E-state index in [1.54, 1.807) is 0 Å². The third-order valence-electron chi connectivity index (χ3n) is 6.53. The lowest BCUT2D eigenvalue weighted by Crippen LogP contribution is -2.51. The van der Waals surface area contributed by atoms with Crippen LogP contribution in [0.2, 0.25) is 0 Å². The van der Waals surface area contributed by atoms with Gasteiger partial charge in [-0.15, -0.1) is 0 Å². The lowest BCUT2D eigenvalue weighted by molar-refractivity contribution is -0.127. The summed E-state index contributed by atoms with van der Waals surface area (Å²) < 4.78 is 0. The van der Waals surface area contributed by atoms with E-state index in [9.17, 15) is 14.4 Å². The molecule has 1 aromatic rings. The zero-order valence-corrected chi connectivity index (χ0v) is 19.4. The second kappa shape index (κ2) is 11.9. The van der Waals surface area contributed by atoms with E-state index in [2.05, 4.69) is 15.5 Å². The number of likely N-dealkylation sites (tertiary alicyclic amines) is 2. The third-order valence-corrected chi connectivity index (χ3v) is 6.53. The van der Waals surface area contributed by atoms with Gasteiger partial charge in [-0.05, 0) is 51.7 Å². The number of hydrogen-bond acceptors (Lipinski definition) is 4. The lowest BCUT2D eigenvalue weighted by atomic mass is 9.95. The Balaban J connectivity index is 1.35. The van der Waals surface area contributed by atoms with Gasteiger partial charge in [0.1, 0.15) is 0 Å². The molecule has 0 unspecified atom stereocenters. The summed E-state index contributed by atoms with van der Waals surface area (Å²) in [6, 6.07) is 9.72. The van der Waals surface area contributed by atoms with Crippen molar-refractivity contribution in [1.29, 1.82) is 0 Å². The van der Waals surface area contributed by atoms with Crippen LogP contribution in [0.25, 0.3) is 0 Å². The second-order valence-corrected chi connectivity index (χ2v) is 8.69. The van der Waals surface area contributed by atoms with Crippen LogP contribution < -0.4 is 10.6 Å². The van der Waals surface area contributed by atoms with Crippen LogP contribution in [0.15, 0.2) is 30.3 Å². The summed E-state index contributed by atoms with van der Waals surface area (Å²) in [5, 5.41) is 6.13. The molecule has 8 heteroatoms. The standard InChI is InChI=1S/C24H37N5O3/c1-3-28(4-2)24(32)29-16-10-19(11-17-29)23(31)26-21-12-14-27(15-13-21)18-22(30)25-20-8-6-5-7-9-20/h5-9,19,21H,3-4,10-18H2,1-2H3,(H,25,30)(H,26,31). The maximum absolute atomic E-state index is 12.7. The van der Waals surface area contributed by atoms with Crippen molar-refractivity contribution in [3.05, 3.63) is 30.3 Å². The molecule has 1 aromatic carbocycles. The Labute approximate surface area is 191 Å². The quantitative estimate of drug-likeness (QED) is 0.678. The molecule has 0 radical (unpaired) electrons. The molecule has 2 heterocycles. The monoisotopic (exact) mass is 443 g/mol. The molecular weight excluding hydrogens is 406 g/mol. The zero-order chi connectivity index (χ0) is 22.9. The van der Waals surface area contributed by atoms with E-state index in [0.29, 0.717) is 32.7 Å². The fraction of sp³-hybridized carbons (Fsp3) is 0.625. The molecule has 2 fully saturated rings. The van der Waals surface area contributed by atoms with Crippen LogP contribution in [0.3, 0.4) is 0 Å². The van der Waals surface area contributed by atoms with Crippen molar-refractivity contribution in [2.75, 3.05) is 51.1 Å². The minimum Gasteiger partial charge on any atom is -0.353 e. The Morgan fingerprint density at radius 2 is 1.56 bits per heavy atom. The van der Waals surface area contributed by atoms with Gasteiger partial charge in [-0.1, -0.05) is 18.2 Å². The van der Waals surface area contributed by atoms with E-state index < -0.39 is 0 Å². The Kier molecular flexibility index (Phi) is 8.90. The average Bonchev–Trinajstić information content (AvgIpc) is 2.81. The number of amides is 4. The largest absolute Gasteiger partial charge is 0.353 e. The van der Waals surface area contributed by atoms with Gasteiger partial charge in [-0.3, -0.25) is 14.5 Å². The lowest BCUT2D eigenvalue weighted by Gasteiger charge is -2.36. The summed E-state index contributed by atoms with van der Waals surface area (Å²) in [6.45, 7) is 8.64. The Morgan fingerprint density at radius 3 is 2.16 bits per heavy atom. The zero-order valence-electron chi connectivity index (χ0n) is 19.4. The highest BCUT2D eigenvalue weighted by Crippen LogP contribution is 2.20. The molecule has 3 rings (SSSR count). The number of urea groups is 1. The number of piperidine rings is 2. The molecule has 0 atom stereocenters. The van der Waals surface area contributed by atoms with Crippen LogP contribution in [0, 0.1) is 5.92 Å². The van der Waals surface area contributed by atoms with Gasteiger partial charge in [0.05, 0.1) is 6.54 Å². The molecule has 2 aliphatic rings. The first-order valence-electron chi connectivity index (χ1n) is 11.9. The fourth-order valence-electron chi connectivity index (χ4n) is 4.51. The van der Waals surface area contributed by atoms with Gasteiger partial charge < -0.3 is 20.4 Å². The minimum atomic E-state index is -0.0227. The molecule has 8 nitrogen and oxygen atoms in total. The molecule has 0 saturated carbocycles. The topological polar surface area (TPSA) is 85.0 Å². The predicted octanol–water partition coefficient (Wildman–Crippen LogP) is 2.38. The number of nitrogens with one attached hydrogen (secondary N) is 2. The van der Waals surface area contributed by atoms with Gasteiger partial charge in [0, 0.05) is 56.9 Å². The first kappa shape index (κ1) is 24.0. The molecule has 2 saturated heterocycles. The van der Waals surface area contributed by atoms with Gasteiger partial charge in [0.25, 0.3) is 0 Å². The number of nitrogens with zero attached hydrogens (tertiary/aromatic N) is 3. The number of anilines is 1. The summed E-state index contributed by atoms with van der Waals surface area (Å²) in [7, 11) is 0. The molecule has 2 N–H and O–H groups in total. The number of carbonyl (C=O) groups excluding carboxylic acids is 3.